The summed E-state index contributed by atoms with van der Waals surface area (Å²) in [6.07, 6.45) is -2.75. The molecule has 2 N–H and O–H groups in total. The minimum atomic E-state index is -4.99. The Bertz CT molecular complexity index is 1110. The van der Waals surface area contributed by atoms with Gasteiger partial charge in [-0.1, -0.05) is 0 Å². The van der Waals surface area contributed by atoms with Crippen LogP contribution >= 0.6 is 0 Å². The Balaban J connectivity index is 1.80. The first-order valence-corrected chi connectivity index (χ1v) is 7.22. The molecule has 26 heavy (non-hydrogen) atoms. The molecule has 0 radical (unpaired) electrons. The van der Waals surface area contributed by atoms with E-state index in [1.165, 1.54) is 6.07 Å². The van der Waals surface area contributed by atoms with E-state index < -0.39 is 36.2 Å². The van der Waals surface area contributed by atoms with Crippen molar-refractivity contribution < 1.29 is 17.6 Å². The molecule has 0 aromatic carbocycles. The van der Waals surface area contributed by atoms with Gasteiger partial charge in [0.25, 0.3) is 11.3 Å². The molecule has 136 valence electrons. The van der Waals surface area contributed by atoms with Gasteiger partial charge in [0.15, 0.2) is 0 Å². The molecule has 3 aromatic heterocycles. The van der Waals surface area contributed by atoms with Crippen LogP contribution in [0, 0.1) is 0 Å². The number of fused-ring (bicyclic) bond motifs is 1. The van der Waals surface area contributed by atoms with E-state index in [2.05, 4.69) is 20.1 Å². The molecule has 0 spiro atoms. The molecule has 4 rings (SSSR count). The molecular formula is C13H9F4N7O2. The van der Waals surface area contributed by atoms with Crippen LogP contribution in [0.25, 0.3) is 17.0 Å². The van der Waals surface area contributed by atoms with Crippen molar-refractivity contribution in [3.8, 4) is 11.3 Å². The monoisotopic (exact) mass is 371 g/mol. The summed E-state index contributed by atoms with van der Waals surface area (Å²) in [5.74, 6) is 0.0945. The largest absolute Gasteiger partial charge is 0.426 e. The fourth-order valence-electron chi connectivity index (χ4n) is 2.66. The van der Waals surface area contributed by atoms with E-state index in [1.807, 2.05) is 4.98 Å². The van der Waals surface area contributed by atoms with Gasteiger partial charge >= 0.3 is 11.9 Å². The topological polar surface area (TPSA) is 112 Å². The lowest BCUT2D eigenvalue weighted by atomic mass is 9.95. The molecule has 0 amide bonds. The van der Waals surface area contributed by atoms with E-state index in [9.17, 15) is 27.2 Å². The summed E-state index contributed by atoms with van der Waals surface area (Å²) in [5, 5.41) is 3.86. The molecule has 1 saturated heterocycles. The molecule has 4 heterocycles. The summed E-state index contributed by atoms with van der Waals surface area (Å²) in [4.78, 5) is 36.4. The van der Waals surface area contributed by atoms with Crippen LogP contribution in [0.2, 0.25) is 0 Å². The maximum absolute atomic E-state index is 13.9. The molecule has 0 atom stereocenters. The Morgan fingerprint density at radius 3 is 2.62 bits per heavy atom. The molecule has 1 aliphatic rings. The summed E-state index contributed by atoms with van der Waals surface area (Å²) < 4.78 is 53.2. The Kier molecular flexibility index (Phi) is 3.20. The molecular weight excluding hydrogens is 362 g/mol. The van der Waals surface area contributed by atoms with Crippen LogP contribution in [-0.2, 0) is 0 Å². The Labute approximate surface area is 140 Å². The first-order chi connectivity index (χ1) is 12.2. The van der Waals surface area contributed by atoms with Crippen molar-refractivity contribution >= 4 is 11.6 Å². The number of halogens is 4. The standard InChI is InChI=1S/C13H9F4N7O2/c14-12(13(15,16)17)3-23(4-12)8-1-7(21-10-19-5-20-24(8)10)6-2-18-11(26)22-9(6)25/h1-2,5H,3-4H2,(H2,18,22,25,26). The van der Waals surface area contributed by atoms with Crippen LogP contribution in [0.4, 0.5) is 23.4 Å². The zero-order valence-corrected chi connectivity index (χ0v) is 12.7. The van der Waals surface area contributed by atoms with Crippen molar-refractivity contribution in [1.29, 1.82) is 0 Å². The maximum Gasteiger partial charge on any atom is 0.426 e. The molecule has 1 fully saturated rings. The van der Waals surface area contributed by atoms with Gasteiger partial charge < -0.3 is 9.88 Å². The predicted octanol–water partition coefficient (Wildman–Crippen LogP) is 0.258. The lowest BCUT2D eigenvalue weighted by Crippen LogP contribution is -2.67. The quantitative estimate of drug-likeness (QED) is 0.625. The lowest BCUT2D eigenvalue weighted by molar-refractivity contribution is -0.237. The molecule has 9 nitrogen and oxygen atoms in total. The molecule has 13 heteroatoms. The predicted molar refractivity (Wildman–Crippen MR) is 79.6 cm³/mol. The van der Waals surface area contributed by atoms with E-state index >= 15 is 0 Å². The summed E-state index contributed by atoms with van der Waals surface area (Å²) >= 11 is 0. The summed E-state index contributed by atoms with van der Waals surface area (Å²) in [5.41, 5.74) is -4.77. The number of alkyl halides is 4. The SMILES string of the molecule is O=c1[nH]cc(-c2cc(N3CC(F)(C(F)(F)F)C3)n3ncnc3n2)c(=O)[nH]1. The van der Waals surface area contributed by atoms with Gasteiger partial charge in [0.05, 0.1) is 24.3 Å². The summed E-state index contributed by atoms with van der Waals surface area (Å²) in [6.45, 7) is -1.84. The highest BCUT2D eigenvalue weighted by molar-refractivity contribution is 5.65. The fraction of sp³-hybridized carbons (Fsp3) is 0.308. The van der Waals surface area contributed by atoms with E-state index in [-0.39, 0.29) is 22.9 Å². The van der Waals surface area contributed by atoms with Crippen LogP contribution in [0.5, 0.6) is 0 Å². The number of hydrogen-bond donors (Lipinski definition) is 2. The molecule has 0 unspecified atom stereocenters. The second kappa shape index (κ2) is 5.12. The number of nitrogens with zero attached hydrogens (tertiary/aromatic N) is 5. The second-order valence-electron chi connectivity index (χ2n) is 5.78. The molecule has 0 saturated carbocycles. The number of aromatic nitrogens is 6. The zero-order chi connectivity index (χ0) is 18.7. The van der Waals surface area contributed by atoms with E-state index in [4.69, 9.17) is 0 Å². The Morgan fingerprint density at radius 2 is 1.96 bits per heavy atom. The number of anilines is 1. The van der Waals surface area contributed by atoms with E-state index in [0.29, 0.717) is 0 Å². The van der Waals surface area contributed by atoms with Gasteiger partial charge in [0.1, 0.15) is 12.1 Å². The first-order valence-electron chi connectivity index (χ1n) is 7.22. The second-order valence-corrected chi connectivity index (χ2v) is 5.78. The van der Waals surface area contributed by atoms with E-state index in [0.717, 1.165) is 21.9 Å². The Morgan fingerprint density at radius 1 is 1.23 bits per heavy atom. The zero-order valence-electron chi connectivity index (χ0n) is 12.7. The average molecular weight is 371 g/mol. The van der Waals surface area contributed by atoms with Crippen molar-refractivity contribution in [1.82, 2.24) is 29.5 Å². The first kappa shape index (κ1) is 16.2. The van der Waals surface area contributed by atoms with Crippen molar-refractivity contribution in [2.75, 3.05) is 18.0 Å². The summed E-state index contributed by atoms with van der Waals surface area (Å²) in [7, 11) is 0. The van der Waals surface area contributed by atoms with Crippen LogP contribution in [0.15, 0.2) is 28.2 Å². The van der Waals surface area contributed by atoms with Crippen LogP contribution < -0.4 is 16.1 Å². The van der Waals surface area contributed by atoms with E-state index in [1.54, 1.807) is 0 Å². The highest BCUT2D eigenvalue weighted by atomic mass is 19.4. The van der Waals surface area contributed by atoms with Gasteiger partial charge in [-0.2, -0.15) is 27.8 Å². The number of aromatic amines is 2. The molecule has 0 bridgehead atoms. The highest BCUT2D eigenvalue weighted by Crippen LogP contribution is 2.43. The third-order valence-corrected chi connectivity index (χ3v) is 4.04. The minimum Gasteiger partial charge on any atom is -0.349 e. The highest BCUT2D eigenvalue weighted by Gasteiger charge is 2.63. The maximum atomic E-state index is 13.9. The molecule has 1 aliphatic heterocycles. The molecule has 3 aromatic rings. The third-order valence-electron chi connectivity index (χ3n) is 4.04. The van der Waals surface area contributed by atoms with Crippen molar-refractivity contribution in [2.45, 2.75) is 11.8 Å². The van der Waals surface area contributed by atoms with Gasteiger partial charge in [-0.25, -0.2) is 14.2 Å². The van der Waals surface area contributed by atoms with Gasteiger partial charge in [-0.05, 0) is 0 Å². The normalized spacial score (nSPS) is 16.7. The number of hydrogen-bond acceptors (Lipinski definition) is 6. The summed E-state index contributed by atoms with van der Waals surface area (Å²) in [6, 6.07) is 1.28. The number of rotatable bonds is 2. The number of nitrogens with one attached hydrogen (secondary N) is 2. The smallest absolute Gasteiger partial charge is 0.349 e. The minimum absolute atomic E-state index is 0.00599. The lowest BCUT2D eigenvalue weighted by Gasteiger charge is -2.45. The van der Waals surface area contributed by atoms with Crippen LogP contribution in [0.3, 0.4) is 0 Å². The van der Waals surface area contributed by atoms with Crippen LogP contribution in [-0.4, -0.2) is 54.5 Å². The van der Waals surface area contributed by atoms with Crippen molar-refractivity contribution in [2.24, 2.45) is 0 Å². The van der Waals surface area contributed by atoms with Gasteiger partial charge in [0.2, 0.25) is 5.67 Å². The number of H-pyrrole nitrogens is 2. The van der Waals surface area contributed by atoms with Gasteiger partial charge in [-0.15, -0.1) is 0 Å². The molecule has 0 aliphatic carbocycles. The van der Waals surface area contributed by atoms with Crippen molar-refractivity contribution in [3.05, 3.63) is 39.4 Å². The average Bonchev–Trinajstić information content (AvgIpc) is 2.98. The van der Waals surface area contributed by atoms with Crippen LogP contribution in [0.1, 0.15) is 0 Å². The third kappa shape index (κ3) is 2.34. The van der Waals surface area contributed by atoms with Gasteiger partial charge in [0, 0.05) is 12.3 Å². The van der Waals surface area contributed by atoms with Gasteiger partial charge in [-0.3, -0.25) is 9.78 Å². The fourth-order valence-corrected chi connectivity index (χ4v) is 2.66. The van der Waals surface area contributed by atoms with Crippen molar-refractivity contribution in [3.63, 3.8) is 0 Å². The Hall–Kier alpha value is -3.25.